The maximum atomic E-state index is 11.7. The van der Waals surface area contributed by atoms with Gasteiger partial charge in [0, 0.05) is 4.88 Å². The summed E-state index contributed by atoms with van der Waals surface area (Å²) in [7, 11) is 0. The fourth-order valence-corrected chi connectivity index (χ4v) is 4.72. The molecule has 7 heteroatoms. The molecular weight excluding hydrogens is 389 g/mol. The quantitative estimate of drug-likeness (QED) is 0.706. The van der Waals surface area contributed by atoms with Gasteiger partial charge in [0.1, 0.15) is 6.04 Å². The average molecular weight is 405 g/mol. The number of halogens is 3. The molecule has 24 heavy (non-hydrogen) atoms. The molecule has 2 aromatic rings. The summed E-state index contributed by atoms with van der Waals surface area (Å²) in [5.41, 5.74) is 0.927. The van der Waals surface area contributed by atoms with E-state index in [1.807, 2.05) is 29.2 Å². The Kier molecular flexibility index (Phi) is 5.73. The van der Waals surface area contributed by atoms with E-state index >= 15 is 0 Å². The third-order valence-electron chi connectivity index (χ3n) is 4.28. The zero-order valence-corrected chi connectivity index (χ0v) is 15.8. The van der Waals surface area contributed by atoms with Gasteiger partial charge < -0.3 is 5.11 Å². The molecule has 0 saturated carbocycles. The Morgan fingerprint density at radius 1 is 1.17 bits per heavy atom. The Morgan fingerprint density at radius 3 is 2.58 bits per heavy atom. The molecule has 128 valence electrons. The molecule has 0 aliphatic carbocycles. The molecule has 1 aliphatic heterocycles. The molecule has 0 amide bonds. The van der Waals surface area contributed by atoms with Crippen LogP contribution in [-0.4, -0.2) is 28.6 Å². The van der Waals surface area contributed by atoms with Gasteiger partial charge in [-0.15, -0.1) is 11.3 Å². The topological polar surface area (TPSA) is 40.5 Å². The molecule has 1 fully saturated rings. The summed E-state index contributed by atoms with van der Waals surface area (Å²) in [5.74, 6) is -0.789. The van der Waals surface area contributed by atoms with Crippen molar-refractivity contribution in [2.45, 2.75) is 31.3 Å². The van der Waals surface area contributed by atoms with E-state index in [1.165, 1.54) is 11.3 Å². The number of piperidine rings is 1. The van der Waals surface area contributed by atoms with Crippen molar-refractivity contribution < 1.29 is 9.90 Å². The van der Waals surface area contributed by atoms with Crippen LogP contribution in [0.1, 0.15) is 35.7 Å². The molecular formula is C17H16Cl3NO2S. The first kappa shape index (κ1) is 18.0. The van der Waals surface area contributed by atoms with E-state index < -0.39 is 12.0 Å². The minimum Gasteiger partial charge on any atom is -0.480 e. The van der Waals surface area contributed by atoms with Crippen molar-refractivity contribution in [1.29, 1.82) is 0 Å². The largest absolute Gasteiger partial charge is 0.480 e. The molecule has 0 spiro atoms. The van der Waals surface area contributed by atoms with Gasteiger partial charge in [-0.25, -0.2) is 0 Å². The van der Waals surface area contributed by atoms with Crippen LogP contribution in [0.2, 0.25) is 14.4 Å². The van der Waals surface area contributed by atoms with Crippen LogP contribution in [0.3, 0.4) is 0 Å². The summed E-state index contributed by atoms with van der Waals surface area (Å²) in [5, 5.41) is 10.6. The summed E-state index contributed by atoms with van der Waals surface area (Å²) >= 11 is 19.8. The van der Waals surface area contributed by atoms with E-state index in [-0.39, 0.29) is 6.04 Å². The van der Waals surface area contributed by atoms with Gasteiger partial charge in [0.25, 0.3) is 0 Å². The lowest BCUT2D eigenvalue weighted by atomic mass is 9.95. The first-order valence-corrected chi connectivity index (χ1v) is 9.61. The zero-order valence-electron chi connectivity index (χ0n) is 12.7. The molecule has 3 nitrogen and oxygen atoms in total. The van der Waals surface area contributed by atoms with Crippen molar-refractivity contribution in [2.75, 3.05) is 6.54 Å². The van der Waals surface area contributed by atoms with Crippen molar-refractivity contribution in [3.05, 3.63) is 55.2 Å². The third kappa shape index (κ3) is 3.73. The van der Waals surface area contributed by atoms with Crippen molar-refractivity contribution in [1.82, 2.24) is 4.90 Å². The van der Waals surface area contributed by atoms with E-state index in [9.17, 15) is 9.90 Å². The average Bonchev–Trinajstić information content (AvgIpc) is 2.97. The third-order valence-corrected chi connectivity index (χ3v) is 6.31. The molecule has 0 radical (unpaired) electrons. The standard InChI is InChI=1S/C17H16Cl3NO2S/c18-11-5-4-10(9-12(11)19)16(14-6-7-15(20)24-14)21-8-2-1-3-13(21)17(22)23/h4-7,9,13,16H,1-3,8H2,(H,22,23). The number of carboxylic acid groups (broad SMARTS) is 1. The van der Waals surface area contributed by atoms with Gasteiger partial charge in [-0.3, -0.25) is 9.69 Å². The number of nitrogens with zero attached hydrogens (tertiary/aromatic N) is 1. The van der Waals surface area contributed by atoms with Gasteiger partial charge in [-0.05, 0) is 49.2 Å². The Labute approximate surface area is 159 Å². The highest BCUT2D eigenvalue weighted by atomic mass is 35.5. The number of thiophene rings is 1. The van der Waals surface area contributed by atoms with Crippen LogP contribution in [-0.2, 0) is 4.79 Å². The van der Waals surface area contributed by atoms with E-state index in [1.54, 1.807) is 6.07 Å². The lowest BCUT2D eigenvalue weighted by Gasteiger charge is -2.39. The first-order valence-electron chi connectivity index (χ1n) is 7.66. The lowest BCUT2D eigenvalue weighted by Crippen LogP contribution is -2.46. The molecule has 1 N–H and O–H groups in total. The summed E-state index contributed by atoms with van der Waals surface area (Å²) in [6.07, 6.45) is 2.54. The summed E-state index contributed by atoms with van der Waals surface area (Å²) in [4.78, 5) is 14.8. The van der Waals surface area contributed by atoms with Crippen molar-refractivity contribution in [3.63, 3.8) is 0 Å². The number of benzene rings is 1. The molecule has 2 unspecified atom stereocenters. The van der Waals surface area contributed by atoms with Crippen LogP contribution in [0, 0.1) is 0 Å². The van der Waals surface area contributed by atoms with Gasteiger partial charge in [-0.1, -0.05) is 47.3 Å². The molecule has 1 aliphatic rings. The second-order valence-corrected chi connectivity index (χ2v) is 8.37. The molecule has 0 bridgehead atoms. The van der Waals surface area contributed by atoms with E-state index in [0.29, 0.717) is 20.8 Å². The number of carbonyl (C=O) groups is 1. The number of likely N-dealkylation sites (tertiary alicyclic amines) is 1. The van der Waals surface area contributed by atoms with Crippen LogP contribution >= 0.6 is 46.1 Å². The van der Waals surface area contributed by atoms with Gasteiger partial charge in [0.05, 0.1) is 20.4 Å². The molecule has 1 aromatic carbocycles. The van der Waals surface area contributed by atoms with Crippen molar-refractivity contribution in [3.8, 4) is 0 Å². The number of rotatable bonds is 4. The van der Waals surface area contributed by atoms with Crippen LogP contribution in [0.5, 0.6) is 0 Å². The van der Waals surface area contributed by atoms with Crippen LogP contribution in [0.4, 0.5) is 0 Å². The Morgan fingerprint density at radius 2 is 1.96 bits per heavy atom. The fourth-order valence-electron chi connectivity index (χ4n) is 3.20. The number of carboxylic acids is 1. The highest BCUT2D eigenvalue weighted by Gasteiger charge is 2.35. The maximum absolute atomic E-state index is 11.7. The van der Waals surface area contributed by atoms with Crippen molar-refractivity contribution >= 4 is 52.1 Å². The second kappa shape index (κ2) is 7.63. The molecule has 2 heterocycles. The van der Waals surface area contributed by atoms with Gasteiger partial charge in [0.2, 0.25) is 0 Å². The van der Waals surface area contributed by atoms with Crippen LogP contribution < -0.4 is 0 Å². The van der Waals surface area contributed by atoms with Crippen LogP contribution in [0.25, 0.3) is 0 Å². The Hall–Kier alpha value is -0.780. The highest BCUT2D eigenvalue weighted by molar-refractivity contribution is 7.16. The first-order chi connectivity index (χ1) is 11.5. The lowest BCUT2D eigenvalue weighted by molar-refractivity contribution is -0.145. The van der Waals surface area contributed by atoms with Gasteiger partial charge in [-0.2, -0.15) is 0 Å². The smallest absolute Gasteiger partial charge is 0.320 e. The fraction of sp³-hybridized carbons (Fsp3) is 0.353. The van der Waals surface area contributed by atoms with E-state index in [2.05, 4.69) is 0 Å². The minimum atomic E-state index is -0.789. The predicted molar refractivity (Wildman–Crippen MR) is 99.6 cm³/mol. The summed E-state index contributed by atoms with van der Waals surface area (Å²) in [6.45, 7) is 0.720. The maximum Gasteiger partial charge on any atom is 0.320 e. The van der Waals surface area contributed by atoms with E-state index in [0.717, 1.165) is 29.8 Å². The summed E-state index contributed by atoms with van der Waals surface area (Å²) in [6, 6.07) is 8.55. The monoisotopic (exact) mass is 403 g/mol. The minimum absolute atomic E-state index is 0.196. The van der Waals surface area contributed by atoms with Crippen LogP contribution in [0.15, 0.2) is 30.3 Å². The normalized spacial score (nSPS) is 20.0. The summed E-state index contributed by atoms with van der Waals surface area (Å²) < 4.78 is 0.680. The SMILES string of the molecule is O=C(O)C1CCCCN1C(c1ccc(Cl)c(Cl)c1)c1ccc(Cl)s1. The van der Waals surface area contributed by atoms with Gasteiger partial charge in [0.15, 0.2) is 0 Å². The Balaban J connectivity index is 2.07. The number of hydrogen-bond acceptors (Lipinski definition) is 3. The second-order valence-electron chi connectivity index (χ2n) is 5.81. The van der Waals surface area contributed by atoms with Crippen molar-refractivity contribution in [2.24, 2.45) is 0 Å². The zero-order chi connectivity index (χ0) is 17.3. The van der Waals surface area contributed by atoms with E-state index in [4.69, 9.17) is 34.8 Å². The highest BCUT2D eigenvalue weighted by Crippen LogP contribution is 2.40. The molecule has 2 atom stereocenters. The molecule has 1 aromatic heterocycles. The van der Waals surface area contributed by atoms with Gasteiger partial charge >= 0.3 is 5.97 Å². The Bertz CT molecular complexity index is 749. The number of hydrogen-bond donors (Lipinski definition) is 1. The number of aliphatic carboxylic acids is 1. The molecule has 3 rings (SSSR count). The predicted octanol–water partition coefficient (Wildman–Crippen LogP) is 5.74. The molecule has 1 saturated heterocycles.